The molecule has 0 bridgehead atoms. The van der Waals surface area contributed by atoms with Crippen molar-refractivity contribution < 1.29 is 42.9 Å². The second kappa shape index (κ2) is 82.6. The van der Waals surface area contributed by atoms with Gasteiger partial charge in [-0.05, 0) is 122 Å². The number of unbranched alkanes of at least 4 members (excludes halogenated alkanes) is 37. The number of nitrogens with zero attached hydrogens (tertiary/aromatic N) is 1. The fourth-order valence-corrected chi connectivity index (χ4v) is 11.9. The lowest BCUT2D eigenvalue weighted by Gasteiger charge is -2.26. The first-order valence-electron chi connectivity index (χ1n) is 42.6. The van der Waals surface area contributed by atoms with Crippen LogP contribution in [0.2, 0.25) is 0 Å². The number of carbonyl (C=O) groups excluding carboxylic acids is 3. The van der Waals surface area contributed by atoms with E-state index in [2.05, 4.69) is 172 Å². The number of rotatable bonds is 78. The number of carboxylic acid groups (broad SMARTS) is 1. The van der Waals surface area contributed by atoms with Crippen LogP contribution in [-0.4, -0.2) is 82.3 Å². The van der Waals surface area contributed by atoms with Gasteiger partial charge in [-0.25, -0.2) is 0 Å². The first kappa shape index (κ1) is 97.9. The highest BCUT2D eigenvalue weighted by molar-refractivity contribution is 5.70. The first-order valence-corrected chi connectivity index (χ1v) is 42.6. The van der Waals surface area contributed by atoms with E-state index in [1.54, 1.807) is 0 Å². The van der Waals surface area contributed by atoms with Gasteiger partial charge in [-0.1, -0.05) is 384 Å². The molecule has 0 fully saturated rings. The van der Waals surface area contributed by atoms with E-state index in [0.717, 1.165) is 122 Å². The summed E-state index contributed by atoms with van der Waals surface area (Å²) in [5.74, 6) is -2.27. The summed E-state index contributed by atoms with van der Waals surface area (Å²) in [5.41, 5.74) is 0. The molecule has 2 unspecified atom stereocenters. The van der Waals surface area contributed by atoms with Crippen molar-refractivity contribution in [3.63, 3.8) is 0 Å². The van der Waals surface area contributed by atoms with Gasteiger partial charge in [-0.15, -0.1) is 0 Å². The van der Waals surface area contributed by atoms with Gasteiger partial charge in [0.1, 0.15) is 13.2 Å². The van der Waals surface area contributed by atoms with Gasteiger partial charge in [0, 0.05) is 12.8 Å². The lowest BCUT2D eigenvalue weighted by molar-refractivity contribution is -0.870. The molecule has 9 heteroatoms. The highest BCUT2D eigenvalue weighted by Crippen LogP contribution is 2.19. The van der Waals surface area contributed by atoms with Crippen molar-refractivity contribution in [1.82, 2.24) is 0 Å². The van der Waals surface area contributed by atoms with Gasteiger partial charge >= 0.3 is 11.9 Å². The molecule has 0 heterocycles. The molecule has 0 aromatic heterocycles. The fraction of sp³-hybridized carbons (Fsp3) is 0.691. The summed E-state index contributed by atoms with van der Waals surface area (Å²) < 4.78 is 22.9. The Hall–Kier alpha value is -5.09. The fourth-order valence-electron chi connectivity index (χ4n) is 11.9. The standard InChI is InChI=1S/C94H159NO8/c1-6-8-10-12-14-16-18-20-22-24-26-28-30-32-34-36-38-40-42-44-45-46-47-49-50-52-54-56-58-60-62-64-66-68-70-72-74-76-78-80-82-84-91(96)101-88-90(89-102-94(93(98)99)100-87-86-95(3,4)5)103-92(97)85-83-81-79-77-75-73-71-69-67-65-63-61-59-57-55-53-51-48-43-41-39-37-35-33-31-29-27-25-23-21-19-17-15-13-11-9-7-2/h8-11,14-17,20-23,26-29,32-35,38-41,48,51,90,94H,6-7,12-13,18-19,24-25,30-31,36-37,42-47,49-50,52-89H2,1-5H3/b10-8-,11-9-,16-14-,17-15-,22-20-,23-21-,28-26-,29-27-,34-32-,35-33-,40-38-,41-39-,51-48-. The molecule has 0 rings (SSSR count). The molecule has 0 aromatic carbocycles. The predicted molar refractivity (Wildman–Crippen MR) is 444 cm³/mol. The minimum Gasteiger partial charge on any atom is -0.545 e. The van der Waals surface area contributed by atoms with Crippen LogP contribution in [-0.2, 0) is 33.3 Å². The zero-order chi connectivity index (χ0) is 74.6. The minimum atomic E-state index is -1.63. The van der Waals surface area contributed by atoms with Crippen LogP contribution in [0.25, 0.3) is 0 Å². The first-order chi connectivity index (χ1) is 50.6. The molecule has 103 heavy (non-hydrogen) atoms. The molecule has 0 N–H and O–H groups in total. The Labute approximate surface area is 635 Å². The number of carboxylic acids is 1. The van der Waals surface area contributed by atoms with E-state index in [1.807, 2.05) is 21.1 Å². The van der Waals surface area contributed by atoms with E-state index in [1.165, 1.54) is 205 Å². The molecule has 0 aliphatic heterocycles. The summed E-state index contributed by atoms with van der Waals surface area (Å²) in [6.45, 7) is 4.55. The number of carbonyl (C=O) groups is 3. The molecular weight excluding hydrogens is 1270 g/mol. The average Bonchev–Trinajstić information content (AvgIpc) is 1.16. The Morgan fingerprint density at radius 3 is 0.777 bits per heavy atom. The monoisotopic (exact) mass is 1430 g/mol. The van der Waals surface area contributed by atoms with Gasteiger partial charge in [0.05, 0.1) is 40.3 Å². The van der Waals surface area contributed by atoms with Crippen LogP contribution < -0.4 is 5.11 Å². The van der Waals surface area contributed by atoms with Crippen LogP contribution >= 0.6 is 0 Å². The van der Waals surface area contributed by atoms with E-state index in [4.69, 9.17) is 18.9 Å². The molecule has 9 nitrogen and oxygen atoms in total. The van der Waals surface area contributed by atoms with Gasteiger partial charge in [-0.3, -0.25) is 9.59 Å². The molecule has 0 saturated heterocycles. The number of quaternary nitrogens is 1. The number of ether oxygens (including phenoxy) is 4. The molecule has 2 atom stereocenters. The lowest BCUT2D eigenvalue weighted by atomic mass is 10.0. The number of hydrogen-bond acceptors (Lipinski definition) is 8. The molecule has 0 saturated carbocycles. The summed E-state index contributed by atoms with van der Waals surface area (Å²) in [4.78, 5) is 37.7. The zero-order valence-electron chi connectivity index (χ0n) is 67.4. The molecule has 0 aliphatic rings. The second-order valence-corrected chi connectivity index (χ2v) is 29.4. The quantitative estimate of drug-likeness (QED) is 0.0195. The Kier molecular flexibility index (Phi) is 78.5. The topological polar surface area (TPSA) is 111 Å². The zero-order valence-corrected chi connectivity index (χ0v) is 67.4. The van der Waals surface area contributed by atoms with Crippen LogP contribution in [0.15, 0.2) is 158 Å². The van der Waals surface area contributed by atoms with Crippen LogP contribution in [0.3, 0.4) is 0 Å². The summed E-state index contributed by atoms with van der Waals surface area (Å²) in [5, 5.41) is 11.9. The van der Waals surface area contributed by atoms with E-state index in [0.29, 0.717) is 23.9 Å². The van der Waals surface area contributed by atoms with Crippen molar-refractivity contribution in [2.75, 3.05) is 47.5 Å². The van der Waals surface area contributed by atoms with Crippen molar-refractivity contribution in [2.45, 2.75) is 373 Å². The molecule has 0 aliphatic carbocycles. The van der Waals surface area contributed by atoms with Crippen LogP contribution in [0.1, 0.15) is 361 Å². The van der Waals surface area contributed by atoms with Gasteiger partial charge in [-0.2, -0.15) is 0 Å². The second-order valence-electron chi connectivity index (χ2n) is 29.4. The van der Waals surface area contributed by atoms with Crippen LogP contribution in [0.4, 0.5) is 0 Å². The molecule has 0 radical (unpaired) electrons. The maximum absolute atomic E-state index is 13.0. The van der Waals surface area contributed by atoms with Gasteiger partial charge < -0.3 is 33.3 Å². The van der Waals surface area contributed by atoms with Crippen molar-refractivity contribution in [2.24, 2.45) is 0 Å². The SMILES string of the molecule is CC/C=C\C/C=C\C/C=C\C/C=C\C/C=C\C/C=C\C/C=C\CCCCCCCCCCCCCCCCCC(=O)OC(COC(=O)CCCCCCCCCCCCCCCCCCCCCCCC/C=C\C/C=C\C/C=C\C/C=C\C/C=C\C/C=C\CC)COC(OCC[N+](C)(C)C)C(=O)[O-]. The number of esters is 2. The van der Waals surface area contributed by atoms with Crippen molar-refractivity contribution in [3.8, 4) is 0 Å². The van der Waals surface area contributed by atoms with Crippen molar-refractivity contribution >= 4 is 17.9 Å². The smallest absolute Gasteiger partial charge is 0.306 e. The molecule has 0 aromatic rings. The molecular formula is C94H159NO8. The van der Waals surface area contributed by atoms with Gasteiger partial charge in [0.15, 0.2) is 12.4 Å². The van der Waals surface area contributed by atoms with Gasteiger partial charge in [0.2, 0.25) is 0 Å². The van der Waals surface area contributed by atoms with E-state index in [-0.39, 0.29) is 32.2 Å². The van der Waals surface area contributed by atoms with Crippen LogP contribution in [0, 0.1) is 0 Å². The molecule has 0 amide bonds. The lowest BCUT2D eigenvalue weighted by Crippen LogP contribution is -2.44. The maximum Gasteiger partial charge on any atom is 0.306 e. The third-order valence-electron chi connectivity index (χ3n) is 18.3. The number of allylic oxidation sites excluding steroid dienone is 26. The molecule has 588 valence electrons. The van der Waals surface area contributed by atoms with Crippen molar-refractivity contribution in [1.29, 1.82) is 0 Å². The summed E-state index contributed by atoms with van der Waals surface area (Å²) in [7, 11) is 5.94. The van der Waals surface area contributed by atoms with Gasteiger partial charge in [0.25, 0.3) is 0 Å². The predicted octanol–water partition coefficient (Wildman–Crippen LogP) is 26.6. The normalized spacial score (nSPS) is 13.4. The van der Waals surface area contributed by atoms with Crippen LogP contribution in [0.5, 0.6) is 0 Å². The highest BCUT2D eigenvalue weighted by atomic mass is 16.7. The van der Waals surface area contributed by atoms with E-state index >= 15 is 0 Å². The third kappa shape index (κ3) is 84.1. The molecule has 0 spiro atoms. The Morgan fingerprint density at radius 1 is 0.291 bits per heavy atom. The third-order valence-corrected chi connectivity index (χ3v) is 18.3. The highest BCUT2D eigenvalue weighted by Gasteiger charge is 2.22. The van der Waals surface area contributed by atoms with E-state index in [9.17, 15) is 19.5 Å². The summed E-state index contributed by atoms with van der Waals surface area (Å²) in [6.07, 6.45) is 119. The number of hydrogen-bond donors (Lipinski definition) is 0. The largest absolute Gasteiger partial charge is 0.545 e. The number of likely N-dealkylation sites (N-methyl/N-ethyl adjacent to an activating group) is 1. The minimum absolute atomic E-state index is 0.144. The van der Waals surface area contributed by atoms with Crippen molar-refractivity contribution in [3.05, 3.63) is 158 Å². The number of aliphatic carboxylic acids is 1. The average molecular weight is 1430 g/mol. The Balaban J connectivity index is 3.99. The van der Waals surface area contributed by atoms with E-state index < -0.39 is 24.3 Å². The Bertz CT molecular complexity index is 2270. The summed E-state index contributed by atoms with van der Waals surface area (Å²) in [6, 6.07) is 0. The Morgan fingerprint density at radius 2 is 0.524 bits per heavy atom. The summed E-state index contributed by atoms with van der Waals surface area (Å²) >= 11 is 0. The maximum atomic E-state index is 13.0.